The van der Waals surface area contributed by atoms with E-state index < -0.39 is 0 Å². The van der Waals surface area contributed by atoms with E-state index in [1.165, 1.54) is 5.56 Å². The average Bonchev–Trinajstić information content (AvgIpc) is 2.82. The number of nitrogens with one attached hydrogen (secondary N) is 1. The summed E-state index contributed by atoms with van der Waals surface area (Å²) in [6.07, 6.45) is 0.892. The number of anilines is 1. The van der Waals surface area contributed by atoms with Crippen LogP contribution in [-0.2, 0) is 16.0 Å². The van der Waals surface area contributed by atoms with E-state index in [0.29, 0.717) is 6.61 Å². The minimum atomic E-state index is -0.218. The molecule has 1 aromatic rings. The Morgan fingerprint density at radius 1 is 1.42 bits per heavy atom. The number of carbonyl (C=O) groups is 1. The number of rotatable bonds is 1. The lowest BCUT2D eigenvalue weighted by Gasteiger charge is -2.32. The molecule has 2 atom stereocenters. The lowest BCUT2D eigenvalue weighted by Crippen LogP contribution is -2.56. The fourth-order valence-corrected chi connectivity index (χ4v) is 2.74. The highest BCUT2D eigenvalue weighted by molar-refractivity contribution is 5.99. The Balaban J connectivity index is 0.00000133. The average molecular weight is 283 g/mol. The zero-order valence-corrected chi connectivity index (χ0v) is 11.8. The van der Waals surface area contributed by atoms with Gasteiger partial charge in [0, 0.05) is 18.8 Å². The highest BCUT2D eigenvalue weighted by Crippen LogP contribution is 2.28. The number of nitrogens with zero attached hydrogens (tertiary/aromatic N) is 1. The standard InChI is InChI=1S/C14H18N2O2.ClH/c1-10-13(15-7-9-18-10)14(17)16-8-6-11-4-2-3-5-12(11)16;/h2-5,10,13,15H,6-9H2,1H3;1H/t10-,13+;/m1./s1. The van der Waals surface area contributed by atoms with E-state index in [4.69, 9.17) is 4.74 Å². The van der Waals surface area contributed by atoms with Crippen LogP contribution in [0.2, 0.25) is 0 Å². The largest absolute Gasteiger partial charge is 0.375 e. The van der Waals surface area contributed by atoms with Crippen LogP contribution in [0.25, 0.3) is 0 Å². The number of morpholine rings is 1. The summed E-state index contributed by atoms with van der Waals surface area (Å²) in [5.41, 5.74) is 2.32. The Kier molecular flexibility index (Phi) is 4.45. The van der Waals surface area contributed by atoms with E-state index in [9.17, 15) is 4.79 Å². The first-order valence-electron chi connectivity index (χ1n) is 6.51. The third kappa shape index (κ3) is 2.61. The monoisotopic (exact) mass is 282 g/mol. The highest BCUT2D eigenvalue weighted by atomic mass is 35.5. The molecule has 0 aliphatic carbocycles. The molecule has 104 valence electrons. The summed E-state index contributed by atoms with van der Waals surface area (Å²) in [4.78, 5) is 14.4. The first-order chi connectivity index (χ1) is 8.77. The number of fused-ring (bicyclic) bond motifs is 1. The Morgan fingerprint density at radius 2 is 2.21 bits per heavy atom. The quantitative estimate of drug-likeness (QED) is 0.846. The Morgan fingerprint density at radius 3 is 3.00 bits per heavy atom. The minimum Gasteiger partial charge on any atom is -0.375 e. The Labute approximate surface area is 119 Å². The summed E-state index contributed by atoms with van der Waals surface area (Å²) < 4.78 is 5.55. The summed E-state index contributed by atoms with van der Waals surface area (Å²) >= 11 is 0. The number of carbonyl (C=O) groups excluding carboxylic acids is 1. The Hall–Kier alpha value is -1.10. The molecule has 0 spiro atoms. The van der Waals surface area contributed by atoms with E-state index in [2.05, 4.69) is 11.4 Å². The summed E-state index contributed by atoms with van der Waals surface area (Å²) in [5.74, 6) is 0.132. The van der Waals surface area contributed by atoms with Gasteiger partial charge in [-0.2, -0.15) is 0 Å². The van der Waals surface area contributed by atoms with Gasteiger partial charge in [0.05, 0.1) is 12.7 Å². The topological polar surface area (TPSA) is 41.6 Å². The molecule has 2 aliphatic heterocycles. The summed E-state index contributed by atoms with van der Waals surface area (Å²) in [5, 5.41) is 3.26. The van der Waals surface area contributed by atoms with Crippen molar-refractivity contribution in [2.45, 2.75) is 25.5 Å². The molecule has 0 aromatic heterocycles. The number of para-hydroxylation sites is 1. The van der Waals surface area contributed by atoms with E-state index in [1.807, 2.05) is 30.0 Å². The maximum atomic E-state index is 12.6. The molecular weight excluding hydrogens is 264 g/mol. The van der Waals surface area contributed by atoms with Crippen molar-refractivity contribution in [1.82, 2.24) is 5.32 Å². The SMILES string of the molecule is C[C@H]1OCCN[C@@H]1C(=O)N1CCc2ccccc21.Cl. The third-order valence-corrected chi connectivity index (χ3v) is 3.74. The molecule has 2 heterocycles. The van der Waals surface area contributed by atoms with Gasteiger partial charge in [0.25, 0.3) is 0 Å². The second kappa shape index (κ2) is 5.90. The van der Waals surface area contributed by atoms with Crippen molar-refractivity contribution in [1.29, 1.82) is 0 Å². The molecule has 1 saturated heterocycles. The molecule has 4 nitrogen and oxygen atoms in total. The van der Waals surface area contributed by atoms with Crippen molar-refractivity contribution in [3.63, 3.8) is 0 Å². The van der Waals surface area contributed by atoms with Gasteiger partial charge in [0.1, 0.15) is 6.04 Å². The number of halogens is 1. The predicted molar refractivity (Wildman–Crippen MR) is 77.0 cm³/mol. The normalized spacial score (nSPS) is 25.6. The van der Waals surface area contributed by atoms with Crippen molar-refractivity contribution in [3.8, 4) is 0 Å². The van der Waals surface area contributed by atoms with Crippen molar-refractivity contribution >= 4 is 24.0 Å². The van der Waals surface area contributed by atoms with Crippen LogP contribution in [0.5, 0.6) is 0 Å². The van der Waals surface area contributed by atoms with Crippen LogP contribution >= 0.6 is 12.4 Å². The van der Waals surface area contributed by atoms with Crippen LogP contribution in [0, 0.1) is 0 Å². The second-order valence-corrected chi connectivity index (χ2v) is 4.88. The molecule has 1 N–H and O–H groups in total. The van der Waals surface area contributed by atoms with E-state index in [0.717, 1.165) is 25.2 Å². The maximum Gasteiger partial charge on any atom is 0.246 e. The number of hydrogen-bond acceptors (Lipinski definition) is 3. The highest BCUT2D eigenvalue weighted by Gasteiger charge is 2.34. The van der Waals surface area contributed by atoms with Gasteiger partial charge in [-0.15, -0.1) is 12.4 Å². The van der Waals surface area contributed by atoms with E-state index in [1.54, 1.807) is 0 Å². The third-order valence-electron chi connectivity index (χ3n) is 3.74. The molecule has 0 radical (unpaired) electrons. The fourth-order valence-electron chi connectivity index (χ4n) is 2.74. The van der Waals surface area contributed by atoms with Crippen molar-refractivity contribution < 1.29 is 9.53 Å². The number of hydrogen-bond donors (Lipinski definition) is 1. The van der Waals surface area contributed by atoms with Gasteiger partial charge < -0.3 is 15.0 Å². The molecule has 3 rings (SSSR count). The van der Waals surface area contributed by atoms with Crippen LogP contribution in [0.15, 0.2) is 24.3 Å². The zero-order valence-electron chi connectivity index (χ0n) is 11.0. The minimum absolute atomic E-state index is 0. The van der Waals surface area contributed by atoms with Crippen LogP contribution in [0.4, 0.5) is 5.69 Å². The maximum absolute atomic E-state index is 12.6. The molecule has 0 bridgehead atoms. The van der Waals surface area contributed by atoms with E-state index in [-0.39, 0.29) is 30.5 Å². The number of amides is 1. The molecule has 2 aliphatic rings. The Bertz CT molecular complexity index is 467. The molecule has 5 heteroatoms. The van der Waals surface area contributed by atoms with Gasteiger partial charge in [-0.25, -0.2) is 0 Å². The number of benzene rings is 1. The predicted octanol–water partition coefficient (Wildman–Crippen LogP) is 1.37. The van der Waals surface area contributed by atoms with Gasteiger partial charge in [-0.1, -0.05) is 18.2 Å². The van der Waals surface area contributed by atoms with Gasteiger partial charge in [-0.3, -0.25) is 4.79 Å². The van der Waals surface area contributed by atoms with Gasteiger partial charge in [0.15, 0.2) is 0 Å². The van der Waals surface area contributed by atoms with Crippen LogP contribution < -0.4 is 10.2 Å². The zero-order chi connectivity index (χ0) is 12.5. The van der Waals surface area contributed by atoms with Crippen LogP contribution in [0.3, 0.4) is 0 Å². The second-order valence-electron chi connectivity index (χ2n) is 4.88. The van der Waals surface area contributed by atoms with E-state index >= 15 is 0 Å². The first-order valence-corrected chi connectivity index (χ1v) is 6.51. The molecule has 0 unspecified atom stereocenters. The van der Waals surface area contributed by atoms with Crippen molar-refractivity contribution in [2.24, 2.45) is 0 Å². The molecule has 0 saturated carbocycles. The van der Waals surface area contributed by atoms with Crippen molar-refractivity contribution in [3.05, 3.63) is 29.8 Å². The van der Waals surface area contributed by atoms with Crippen molar-refractivity contribution in [2.75, 3.05) is 24.6 Å². The van der Waals surface area contributed by atoms with Gasteiger partial charge >= 0.3 is 0 Å². The van der Waals surface area contributed by atoms with Crippen LogP contribution in [0.1, 0.15) is 12.5 Å². The summed E-state index contributed by atoms with van der Waals surface area (Å²) in [7, 11) is 0. The number of ether oxygens (including phenoxy) is 1. The van der Waals surface area contributed by atoms with Crippen LogP contribution in [-0.4, -0.2) is 37.7 Å². The molecule has 1 aromatic carbocycles. The van der Waals surface area contributed by atoms with Gasteiger partial charge in [-0.05, 0) is 25.0 Å². The molecule has 1 fully saturated rings. The molecule has 19 heavy (non-hydrogen) atoms. The summed E-state index contributed by atoms with van der Waals surface area (Å²) in [6.45, 7) is 4.16. The summed E-state index contributed by atoms with van der Waals surface area (Å²) in [6, 6.07) is 7.91. The molecule has 1 amide bonds. The smallest absolute Gasteiger partial charge is 0.246 e. The fraction of sp³-hybridized carbons (Fsp3) is 0.500. The first kappa shape index (κ1) is 14.3. The van der Waals surface area contributed by atoms with Gasteiger partial charge in [0.2, 0.25) is 5.91 Å². The molecular formula is C14H19ClN2O2. The lowest BCUT2D eigenvalue weighted by molar-refractivity contribution is -0.126. The lowest BCUT2D eigenvalue weighted by atomic mass is 10.1.